The summed E-state index contributed by atoms with van der Waals surface area (Å²) in [4.78, 5) is 15.8. The van der Waals surface area contributed by atoms with E-state index in [0.717, 1.165) is 5.56 Å². The maximum Gasteiger partial charge on any atom is 0.259 e. The van der Waals surface area contributed by atoms with Crippen LogP contribution >= 0.6 is 11.6 Å². The van der Waals surface area contributed by atoms with Crippen LogP contribution in [0.4, 0.5) is 5.69 Å². The molecule has 1 heterocycles. The van der Waals surface area contributed by atoms with E-state index in [-0.39, 0.29) is 16.7 Å². The quantitative estimate of drug-likeness (QED) is 0.845. The first-order valence-corrected chi connectivity index (χ1v) is 6.20. The van der Waals surface area contributed by atoms with Gasteiger partial charge in [0.1, 0.15) is 5.75 Å². The van der Waals surface area contributed by atoms with E-state index in [0.29, 0.717) is 5.69 Å². The third-order valence-electron chi connectivity index (χ3n) is 2.68. The van der Waals surface area contributed by atoms with Gasteiger partial charge in [-0.15, -0.1) is 11.6 Å². The fraction of sp³-hybridized carbons (Fsp3) is 0.143. The van der Waals surface area contributed by atoms with E-state index in [9.17, 15) is 9.90 Å². The average molecular weight is 277 g/mol. The number of nitrogens with zero attached hydrogens (tertiary/aromatic N) is 1. The van der Waals surface area contributed by atoms with Gasteiger partial charge in [0, 0.05) is 11.9 Å². The highest BCUT2D eigenvalue weighted by Gasteiger charge is 2.14. The van der Waals surface area contributed by atoms with Crippen LogP contribution in [0.1, 0.15) is 28.2 Å². The standard InChI is InChI=1S/C14H13ClN2O2/c1-9(15)10-4-2-3-5-12(10)17-14(19)11-6-7-16-8-13(11)18/h2-9,18H,1H3,(H,17,19). The van der Waals surface area contributed by atoms with Crippen LogP contribution in [-0.4, -0.2) is 16.0 Å². The van der Waals surface area contributed by atoms with Crippen molar-refractivity contribution < 1.29 is 9.90 Å². The van der Waals surface area contributed by atoms with Gasteiger partial charge in [0.05, 0.1) is 17.1 Å². The van der Waals surface area contributed by atoms with Crippen molar-refractivity contribution in [3.8, 4) is 5.75 Å². The molecule has 2 aromatic rings. The molecule has 1 unspecified atom stereocenters. The molecule has 0 saturated heterocycles. The lowest BCUT2D eigenvalue weighted by atomic mass is 10.1. The molecule has 0 radical (unpaired) electrons. The number of amides is 1. The lowest BCUT2D eigenvalue weighted by molar-refractivity contribution is 0.102. The molecule has 1 amide bonds. The molecule has 4 nitrogen and oxygen atoms in total. The van der Waals surface area contributed by atoms with Gasteiger partial charge in [-0.2, -0.15) is 0 Å². The van der Waals surface area contributed by atoms with Crippen molar-refractivity contribution in [2.75, 3.05) is 5.32 Å². The summed E-state index contributed by atoms with van der Waals surface area (Å²) in [5, 5.41) is 12.1. The highest BCUT2D eigenvalue weighted by Crippen LogP contribution is 2.27. The first-order chi connectivity index (χ1) is 9.09. The molecule has 19 heavy (non-hydrogen) atoms. The largest absolute Gasteiger partial charge is 0.505 e. The number of hydrogen-bond acceptors (Lipinski definition) is 3. The van der Waals surface area contributed by atoms with E-state index in [4.69, 9.17) is 11.6 Å². The van der Waals surface area contributed by atoms with Gasteiger partial charge >= 0.3 is 0 Å². The first-order valence-electron chi connectivity index (χ1n) is 5.77. The van der Waals surface area contributed by atoms with Crippen LogP contribution in [0.3, 0.4) is 0 Å². The Bertz CT molecular complexity index is 600. The topological polar surface area (TPSA) is 62.2 Å². The fourth-order valence-electron chi connectivity index (χ4n) is 1.73. The molecule has 2 N–H and O–H groups in total. The molecular weight excluding hydrogens is 264 g/mol. The van der Waals surface area contributed by atoms with E-state index in [1.54, 1.807) is 6.07 Å². The summed E-state index contributed by atoms with van der Waals surface area (Å²) >= 11 is 6.06. The Kier molecular flexibility index (Phi) is 4.02. The number of para-hydroxylation sites is 1. The third kappa shape index (κ3) is 3.03. The molecule has 1 aromatic heterocycles. The predicted molar refractivity (Wildman–Crippen MR) is 74.6 cm³/mol. The Balaban J connectivity index is 2.27. The van der Waals surface area contributed by atoms with Crippen LogP contribution in [0, 0.1) is 0 Å². The summed E-state index contributed by atoms with van der Waals surface area (Å²) in [7, 11) is 0. The monoisotopic (exact) mass is 276 g/mol. The van der Waals surface area contributed by atoms with Crippen LogP contribution in [0.15, 0.2) is 42.7 Å². The minimum Gasteiger partial charge on any atom is -0.505 e. The molecule has 0 saturated carbocycles. The number of halogens is 1. The van der Waals surface area contributed by atoms with Crippen molar-refractivity contribution in [2.24, 2.45) is 0 Å². The van der Waals surface area contributed by atoms with Crippen molar-refractivity contribution >= 4 is 23.2 Å². The maximum absolute atomic E-state index is 12.1. The molecule has 0 aliphatic rings. The van der Waals surface area contributed by atoms with Gasteiger partial charge in [0.15, 0.2) is 0 Å². The van der Waals surface area contributed by atoms with Gasteiger partial charge < -0.3 is 10.4 Å². The van der Waals surface area contributed by atoms with Gasteiger partial charge in [-0.1, -0.05) is 18.2 Å². The average Bonchev–Trinajstić information content (AvgIpc) is 2.39. The Hall–Kier alpha value is -2.07. The fourth-order valence-corrected chi connectivity index (χ4v) is 1.92. The number of anilines is 1. The minimum absolute atomic E-state index is 0.156. The van der Waals surface area contributed by atoms with E-state index < -0.39 is 5.91 Å². The molecule has 0 fully saturated rings. The molecule has 2 rings (SSSR count). The maximum atomic E-state index is 12.1. The highest BCUT2D eigenvalue weighted by molar-refractivity contribution is 6.21. The van der Waals surface area contributed by atoms with Crippen molar-refractivity contribution in [1.82, 2.24) is 4.98 Å². The number of pyridine rings is 1. The molecule has 1 aromatic carbocycles. The first kappa shape index (κ1) is 13.4. The van der Waals surface area contributed by atoms with Crippen molar-refractivity contribution in [3.05, 3.63) is 53.9 Å². The van der Waals surface area contributed by atoms with Gasteiger partial charge in [-0.25, -0.2) is 0 Å². The lowest BCUT2D eigenvalue weighted by Gasteiger charge is -2.12. The minimum atomic E-state index is -0.398. The summed E-state index contributed by atoms with van der Waals surface area (Å²) in [6, 6.07) is 8.74. The molecule has 0 bridgehead atoms. The van der Waals surface area contributed by atoms with Gasteiger partial charge in [0.2, 0.25) is 0 Å². The van der Waals surface area contributed by atoms with Gasteiger partial charge in [0.25, 0.3) is 5.91 Å². The molecule has 1 atom stereocenters. The normalized spacial score (nSPS) is 11.9. The number of nitrogens with one attached hydrogen (secondary N) is 1. The van der Waals surface area contributed by atoms with E-state index in [2.05, 4.69) is 10.3 Å². The summed E-state index contributed by atoms with van der Waals surface area (Å²) < 4.78 is 0. The van der Waals surface area contributed by atoms with Crippen molar-refractivity contribution in [3.63, 3.8) is 0 Å². The SMILES string of the molecule is CC(Cl)c1ccccc1NC(=O)c1ccncc1O. The van der Waals surface area contributed by atoms with E-state index in [1.165, 1.54) is 18.5 Å². The number of aromatic hydroxyl groups is 1. The third-order valence-corrected chi connectivity index (χ3v) is 2.92. The van der Waals surface area contributed by atoms with Crippen molar-refractivity contribution in [1.29, 1.82) is 0 Å². The second kappa shape index (κ2) is 5.71. The zero-order valence-corrected chi connectivity index (χ0v) is 11.1. The number of hydrogen-bond donors (Lipinski definition) is 2. The Morgan fingerprint density at radius 1 is 1.37 bits per heavy atom. The van der Waals surface area contributed by atoms with Crippen LogP contribution in [0.5, 0.6) is 5.75 Å². The number of carbonyl (C=O) groups excluding carboxylic acids is 1. The van der Waals surface area contributed by atoms with Crippen LogP contribution in [0.25, 0.3) is 0 Å². The van der Waals surface area contributed by atoms with Crippen molar-refractivity contribution in [2.45, 2.75) is 12.3 Å². The molecule has 0 spiro atoms. The molecular formula is C14H13ClN2O2. The van der Waals surface area contributed by atoms with Gasteiger partial charge in [-0.3, -0.25) is 9.78 Å². The number of carbonyl (C=O) groups is 1. The number of rotatable bonds is 3. The molecule has 0 aliphatic heterocycles. The Labute approximate surface area is 116 Å². The second-order valence-electron chi connectivity index (χ2n) is 4.05. The van der Waals surface area contributed by atoms with Gasteiger partial charge in [-0.05, 0) is 24.6 Å². The predicted octanol–water partition coefficient (Wildman–Crippen LogP) is 3.34. The van der Waals surface area contributed by atoms with Crippen LogP contribution in [-0.2, 0) is 0 Å². The number of aromatic nitrogens is 1. The lowest BCUT2D eigenvalue weighted by Crippen LogP contribution is -2.13. The smallest absolute Gasteiger partial charge is 0.259 e. The zero-order chi connectivity index (χ0) is 13.8. The van der Waals surface area contributed by atoms with E-state index >= 15 is 0 Å². The van der Waals surface area contributed by atoms with E-state index in [1.807, 2.05) is 25.1 Å². The summed E-state index contributed by atoms with van der Waals surface area (Å²) in [6.45, 7) is 1.83. The number of benzene rings is 1. The second-order valence-corrected chi connectivity index (χ2v) is 4.70. The Morgan fingerprint density at radius 2 is 2.11 bits per heavy atom. The van der Waals surface area contributed by atoms with Crippen LogP contribution in [0.2, 0.25) is 0 Å². The molecule has 0 aliphatic carbocycles. The number of alkyl halides is 1. The summed E-state index contributed by atoms with van der Waals surface area (Å²) in [6.07, 6.45) is 2.68. The van der Waals surface area contributed by atoms with Crippen LogP contribution < -0.4 is 5.32 Å². The highest BCUT2D eigenvalue weighted by atomic mass is 35.5. The Morgan fingerprint density at radius 3 is 2.79 bits per heavy atom. The summed E-state index contributed by atoms with van der Waals surface area (Å²) in [5.74, 6) is -0.555. The zero-order valence-electron chi connectivity index (χ0n) is 10.3. The molecule has 98 valence electrons. The molecule has 5 heteroatoms. The summed E-state index contributed by atoms with van der Waals surface area (Å²) in [5.41, 5.74) is 1.63.